The van der Waals surface area contributed by atoms with Gasteiger partial charge in [0, 0.05) is 26.3 Å². The highest BCUT2D eigenvalue weighted by Crippen LogP contribution is 2.25. The van der Waals surface area contributed by atoms with E-state index in [1.54, 1.807) is 37.3 Å². The SMILES string of the molecule is CCOc1cccc(C(=O)N2CCO[C@](COC)(CC(=O)NC)C2)c1. The first kappa shape index (κ1) is 19.2. The Morgan fingerprint density at radius 2 is 2.20 bits per heavy atom. The summed E-state index contributed by atoms with van der Waals surface area (Å²) in [4.78, 5) is 26.4. The summed E-state index contributed by atoms with van der Waals surface area (Å²) in [6, 6.07) is 7.11. The zero-order valence-corrected chi connectivity index (χ0v) is 15.0. The fraction of sp³-hybridized carbons (Fsp3) is 0.556. The maximum atomic E-state index is 12.9. The lowest BCUT2D eigenvalue weighted by Crippen LogP contribution is -2.57. The van der Waals surface area contributed by atoms with Crippen LogP contribution in [0.1, 0.15) is 23.7 Å². The number of nitrogens with zero attached hydrogens (tertiary/aromatic N) is 1. The molecule has 1 fully saturated rings. The molecular weight excluding hydrogens is 324 g/mol. The second kappa shape index (κ2) is 8.82. The molecule has 0 unspecified atom stereocenters. The molecule has 0 aromatic heterocycles. The normalized spacial score (nSPS) is 20.2. The molecule has 1 N–H and O–H groups in total. The lowest BCUT2D eigenvalue weighted by Gasteiger charge is -2.42. The van der Waals surface area contributed by atoms with Gasteiger partial charge in [0.1, 0.15) is 11.4 Å². The highest BCUT2D eigenvalue weighted by Gasteiger charge is 2.40. The van der Waals surface area contributed by atoms with Crippen LogP contribution in [0.2, 0.25) is 0 Å². The molecule has 25 heavy (non-hydrogen) atoms. The molecule has 1 aromatic rings. The summed E-state index contributed by atoms with van der Waals surface area (Å²) in [5.74, 6) is 0.405. The predicted molar refractivity (Wildman–Crippen MR) is 92.8 cm³/mol. The van der Waals surface area contributed by atoms with Crippen LogP contribution in [0, 0.1) is 0 Å². The van der Waals surface area contributed by atoms with E-state index < -0.39 is 5.60 Å². The van der Waals surface area contributed by atoms with E-state index in [9.17, 15) is 9.59 Å². The number of ether oxygens (including phenoxy) is 3. The number of methoxy groups -OCH3 is 1. The van der Waals surface area contributed by atoms with E-state index in [2.05, 4.69) is 5.32 Å². The Morgan fingerprint density at radius 3 is 2.88 bits per heavy atom. The second-order valence-corrected chi connectivity index (χ2v) is 6.00. The van der Waals surface area contributed by atoms with Gasteiger partial charge in [0.2, 0.25) is 5.91 Å². The van der Waals surface area contributed by atoms with E-state index in [0.717, 1.165) is 0 Å². The minimum absolute atomic E-state index is 0.109. The van der Waals surface area contributed by atoms with Crippen LogP contribution in [0.3, 0.4) is 0 Å². The van der Waals surface area contributed by atoms with Crippen molar-refractivity contribution in [1.29, 1.82) is 0 Å². The van der Waals surface area contributed by atoms with Crippen molar-refractivity contribution in [2.45, 2.75) is 18.9 Å². The molecule has 0 bridgehead atoms. The van der Waals surface area contributed by atoms with Gasteiger partial charge in [-0.25, -0.2) is 0 Å². The quantitative estimate of drug-likeness (QED) is 0.796. The third-order valence-electron chi connectivity index (χ3n) is 4.10. The Bertz CT molecular complexity index is 603. The van der Waals surface area contributed by atoms with Crippen LogP contribution in [0.25, 0.3) is 0 Å². The van der Waals surface area contributed by atoms with Crippen LogP contribution < -0.4 is 10.1 Å². The van der Waals surface area contributed by atoms with Gasteiger partial charge in [0.15, 0.2) is 0 Å². The average molecular weight is 350 g/mol. The van der Waals surface area contributed by atoms with Gasteiger partial charge in [-0.1, -0.05) is 6.07 Å². The third-order valence-corrected chi connectivity index (χ3v) is 4.10. The molecule has 0 radical (unpaired) electrons. The number of rotatable bonds is 7. The predicted octanol–water partition coefficient (Wildman–Crippen LogP) is 1.08. The van der Waals surface area contributed by atoms with Crippen molar-refractivity contribution in [2.75, 3.05) is 47.1 Å². The van der Waals surface area contributed by atoms with Gasteiger partial charge < -0.3 is 24.4 Å². The summed E-state index contributed by atoms with van der Waals surface area (Å²) < 4.78 is 16.6. The fourth-order valence-corrected chi connectivity index (χ4v) is 2.98. The maximum Gasteiger partial charge on any atom is 0.254 e. The first-order valence-electron chi connectivity index (χ1n) is 8.39. The molecule has 1 atom stereocenters. The highest BCUT2D eigenvalue weighted by molar-refractivity contribution is 5.94. The number of hydrogen-bond donors (Lipinski definition) is 1. The molecule has 138 valence electrons. The number of carbonyl (C=O) groups excluding carboxylic acids is 2. The Labute approximate surface area is 148 Å². The smallest absolute Gasteiger partial charge is 0.254 e. The van der Waals surface area contributed by atoms with Crippen LogP contribution in [-0.2, 0) is 14.3 Å². The van der Waals surface area contributed by atoms with E-state index in [4.69, 9.17) is 14.2 Å². The van der Waals surface area contributed by atoms with E-state index in [0.29, 0.717) is 37.6 Å². The zero-order valence-electron chi connectivity index (χ0n) is 15.0. The van der Waals surface area contributed by atoms with Gasteiger partial charge in [0.05, 0.1) is 32.8 Å². The lowest BCUT2D eigenvalue weighted by atomic mass is 9.97. The standard InChI is InChI=1S/C18H26N2O5/c1-4-24-15-7-5-6-14(10-15)17(22)20-8-9-25-18(12-20,13-23-3)11-16(21)19-2/h5-7,10H,4,8-9,11-13H2,1-3H3,(H,19,21)/t18-/m1/s1. The van der Waals surface area contributed by atoms with Crippen molar-refractivity contribution in [2.24, 2.45) is 0 Å². The van der Waals surface area contributed by atoms with Crippen molar-refractivity contribution >= 4 is 11.8 Å². The molecule has 0 aliphatic carbocycles. The molecule has 0 saturated carbocycles. The average Bonchev–Trinajstić information content (AvgIpc) is 2.62. The number of morpholine rings is 1. The molecule has 7 heteroatoms. The van der Waals surface area contributed by atoms with Gasteiger partial charge in [-0.15, -0.1) is 0 Å². The maximum absolute atomic E-state index is 12.9. The summed E-state index contributed by atoms with van der Waals surface area (Å²) in [5.41, 5.74) is -0.278. The molecule has 1 saturated heterocycles. The molecule has 2 rings (SSSR count). The number of nitrogens with one attached hydrogen (secondary N) is 1. The fourth-order valence-electron chi connectivity index (χ4n) is 2.98. The van der Waals surface area contributed by atoms with Crippen molar-refractivity contribution in [3.05, 3.63) is 29.8 Å². The van der Waals surface area contributed by atoms with Crippen molar-refractivity contribution in [1.82, 2.24) is 10.2 Å². The third kappa shape index (κ3) is 4.93. The summed E-state index contributed by atoms with van der Waals surface area (Å²) in [6.45, 7) is 3.80. The summed E-state index contributed by atoms with van der Waals surface area (Å²) in [5, 5.41) is 2.60. The minimum atomic E-state index is -0.833. The lowest BCUT2D eigenvalue weighted by molar-refractivity contribution is -0.150. The Kier molecular flexibility index (Phi) is 6.78. The van der Waals surface area contributed by atoms with Gasteiger partial charge >= 0.3 is 0 Å². The van der Waals surface area contributed by atoms with Crippen LogP contribution in [0.5, 0.6) is 5.75 Å². The van der Waals surface area contributed by atoms with Crippen LogP contribution in [0.4, 0.5) is 0 Å². The van der Waals surface area contributed by atoms with Gasteiger partial charge in [0.25, 0.3) is 5.91 Å². The molecule has 1 aromatic carbocycles. The molecule has 1 aliphatic heterocycles. The van der Waals surface area contributed by atoms with E-state index in [1.807, 2.05) is 13.0 Å². The largest absolute Gasteiger partial charge is 0.494 e. The number of benzene rings is 1. The van der Waals surface area contributed by atoms with Gasteiger partial charge in [-0.05, 0) is 25.1 Å². The van der Waals surface area contributed by atoms with Crippen molar-refractivity contribution in [3.8, 4) is 5.75 Å². The molecule has 7 nitrogen and oxygen atoms in total. The summed E-state index contributed by atoms with van der Waals surface area (Å²) >= 11 is 0. The van der Waals surface area contributed by atoms with Crippen LogP contribution >= 0.6 is 0 Å². The zero-order chi connectivity index (χ0) is 18.3. The Balaban J connectivity index is 2.16. The van der Waals surface area contributed by atoms with Crippen LogP contribution in [-0.4, -0.2) is 69.4 Å². The van der Waals surface area contributed by atoms with E-state index in [-0.39, 0.29) is 24.8 Å². The Morgan fingerprint density at radius 1 is 1.40 bits per heavy atom. The minimum Gasteiger partial charge on any atom is -0.494 e. The van der Waals surface area contributed by atoms with Crippen molar-refractivity contribution < 1.29 is 23.8 Å². The molecule has 2 amide bonds. The summed E-state index contributed by atoms with van der Waals surface area (Å²) in [6.07, 6.45) is 0.139. The highest BCUT2D eigenvalue weighted by atomic mass is 16.5. The topological polar surface area (TPSA) is 77.1 Å². The van der Waals surface area contributed by atoms with E-state index in [1.165, 1.54) is 0 Å². The van der Waals surface area contributed by atoms with Crippen LogP contribution in [0.15, 0.2) is 24.3 Å². The second-order valence-electron chi connectivity index (χ2n) is 6.00. The monoisotopic (exact) mass is 350 g/mol. The molecule has 1 heterocycles. The molecular formula is C18H26N2O5. The van der Waals surface area contributed by atoms with Gasteiger partial charge in [-0.3, -0.25) is 9.59 Å². The van der Waals surface area contributed by atoms with Gasteiger partial charge in [-0.2, -0.15) is 0 Å². The number of hydrogen-bond acceptors (Lipinski definition) is 5. The number of amides is 2. The Hall–Kier alpha value is -2.12. The van der Waals surface area contributed by atoms with E-state index >= 15 is 0 Å². The van der Waals surface area contributed by atoms with Crippen molar-refractivity contribution in [3.63, 3.8) is 0 Å². The first-order chi connectivity index (χ1) is 12.0. The molecule has 0 spiro atoms. The first-order valence-corrected chi connectivity index (χ1v) is 8.39. The summed E-state index contributed by atoms with van der Waals surface area (Å²) in [7, 11) is 3.13. The number of carbonyl (C=O) groups is 2. The molecule has 1 aliphatic rings.